The van der Waals surface area contributed by atoms with Crippen LogP contribution < -0.4 is 0 Å². The van der Waals surface area contributed by atoms with Crippen molar-refractivity contribution >= 4 is 11.8 Å². The molecular weight excluding hydrogens is 322 g/mol. The maximum Gasteiger partial charge on any atom is 0.293 e. The Bertz CT molecular complexity index is 809. The molecule has 2 aliphatic rings. The first-order chi connectivity index (χ1) is 12.0. The number of carbonyl (C=O) groups excluding carboxylic acids is 2. The number of fused-ring (bicyclic) bond motifs is 1. The molecule has 2 aromatic heterocycles. The number of amides is 2. The van der Waals surface area contributed by atoms with Crippen molar-refractivity contribution in [3.8, 4) is 0 Å². The van der Waals surface area contributed by atoms with Gasteiger partial charge in [-0.25, -0.2) is 0 Å². The predicted molar refractivity (Wildman–Crippen MR) is 87.3 cm³/mol. The summed E-state index contributed by atoms with van der Waals surface area (Å²) >= 11 is 0. The quantitative estimate of drug-likeness (QED) is 0.844. The Morgan fingerprint density at radius 1 is 1.36 bits per heavy atom. The van der Waals surface area contributed by atoms with E-state index in [1.54, 1.807) is 11.0 Å². The summed E-state index contributed by atoms with van der Waals surface area (Å²) in [5, 5.41) is 8.34. The van der Waals surface area contributed by atoms with E-state index < -0.39 is 0 Å². The van der Waals surface area contributed by atoms with Gasteiger partial charge < -0.3 is 14.3 Å². The lowest BCUT2D eigenvalue weighted by atomic mass is 10.2. The summed E-state index contributed by atoms with van der Waals surface area (Å²) in [6.07, 6.45) is 2.99. The minimum absolute atomic E-state index is 0.174. The monoisotopic (exact) mass is 343 g/mol. The number of likely N-dealkylation sites (tertiary alicyclic amines) is 1. The van der Waals surface area contributed by atoms with Gasteiger partial charge >= 0.3 is 0 Å². The third-order valence-corrected chi connectivity index (χ3v) is 4.83. The predicted octanol–water partition coefficient (Wildman–Crippen LogP) is 1.73. The SMILES string of the molecule is CC(C)n1nc(CN2CCCC2=O)c2c1CN(C(=O)c1ccno1)C2. The molecule has 2 aromatic rings. The van der Waals surface area contributed by atoms with E-state index in [0.717, 1.165) is 29.9 Å². The van der Waals surface area contributed by atoms with Gasteiger partial charge in [0, 0.05) is 30.6 Å². The van der Waals surface area contributed by atoms with Crippen LogP contribution >= 0.6 is 0 Å². The highest BCUT2D eigenvalue weighted by molar-refractivity contribution is 5.91. The number of aromatic nitrogens is 3. The van der Waals surface area contributed by atoms with Gasteiger partial charge in [0.25, 0.3) is 5.91 Å². The van der Waals surface area contributed by atoms with E-state index in [4.69, 9.17) is 9.62 Å². The van der Waals surface area contributed by atoms with Gasteiger partial charge in [-0.15, -0.1) is 0 Å². The van der Waals surface area contributed by atoms with Gasteiger partial charge in [0.1, 0.15) is 0 Å². The van der Waals surface area contributed by atoms with Gasteiger partial charge in [0.15, 0.2) is 0 Å². The lowest BCUT2D eigenvalue weighted by Crippen LogP contribution is -2.28. The summed E-state index contributed by atoms with van der Waals surface area (Å²) in [6, 6.07) is 1.77. The Morgan fingerprint density at radius 3 is 2.84 bits per heavy atom. The van der Waals surface area contributed by atoms with E-state index in [1.165, 1.54) is 6.20 Å². The summed E-state index contributed by atoms with van der Waals surface area (Å²) in [5.41, 5.74) is 3.00. The van der Waals surface area contributed by atoms with E-state index in [-0.39, 0.29) is 23.6 Å². The molecule has 8 nitrogen and oxygen atoms in total. The molecule has 0 spiro atoms. The molecule has 0 unspecified atom stereocenters. The van der Waals surface area contributed by atoms with Gasteiger partial charge in [-0.2, -0.15) is 5.10 Å². The molecule has 1 fully saturated rings. The second-order valence-electron chi connectivity index (χ2n) is 6.87. The topological polar surface area (TPSA) is 84.5 Å². The Balaban J connectivity index is 1.61. The van der Waals surface area contributed by atoms with Crippen molar-refractivity contribution in [1.29, 1.82) is 0 Å². The molecule has 4 heterocycles. The van der Waals surface area contributed by atoms with Crippen molar-refractivity contribution in [2.24, 2.45) is 0 Å². The molecule has 2 amide bonds. The first-order valence-electron chi connectivity index (χ1n) is 8.61. The number of hydrogen-bond acceptors (Lipinski definition) is 5. The van der Waals surface area contributed by atoms with E-state index >= 15 is 0 Å². The zero-order chi connectivity index (χ0) is 17.6. The van der Waals surface area contributed by atoms with E-state index in [2.05, 4.69) is 19.0 Å². The number of rotatable bonds is 4. The van der Waals surface area contributed by atoms with Gasteiger partial charge in [-0.1, -0.05) is 5.16 Å². The molecule has 0 saturated carbocycles. The van der Waals surface area contributed by atoms with Crippen LogP contribution in [0, 0.1) is 0 Å². The lowest BCUT2D eigenvalue weighted by Gasteiger charge is -2.17. The summed E-state index contributed by atoms with van der Waals surface area (Å²) in [4.78, 5) is 28.1. The van der Waals surface area contributed by atoms with Crippen molar-refractivity contribution in [2.75, 3.05) is 6.54 Å². The molecule has 132 valence electrons. The van der Waals surface area contributed by atoms with Crippen LogP contribution in [0.15, 0.2) is 16.8 Å². The van der Waals surface area contributed by atoms with Gasteiger partial charge in [-0.3, -0.25) is 14.3 Å². The molecule has 0 aliphatic carbocycles. The largest absolute Gasteiger partial charge is 0.351 e. The fraction of sp³-hybridized carbons (Fsp3) is 0.529. The summed E-state index contributed by atoms with van der Waals surface area (Å²) in [7, 11) is 0. The standard InChI is InChI=1S/C17H21N5O3/c1-11(2)22-14-10-21(17(24)15-5-6-18-25-15)8-12(14)13(19-22)9-20-7-3-4-16(20)23/h5-6,11H,3-4,7-10H2,1-2H3. The Morgan fingerprint density at radius 2 is 2.20 bits per heavy atom. The summed E-state index contributed by atoms with van der Waals surface area (Å²) in [6.45, 7) is 6.42. The van der Waals surface area contributed by atoms with Crippen molar-refractivity contribution in [3.63, 3.8) is 0 Å². The smallest absolute Gasteiger partial charge is 0.293 e. The van der Waals surface area contributed by atoms with Crippen molar-refractivity contribution in [3.05, 3.63) is 35.0 Å². The first kappa shape index (κ1) is 15.9. The maximum atomic E-state index is 12.6. The molecule has 4 rings (SSSR count). The molecular formula is C17H21N5O3. The number of hydrogen-bond donors (Lipinski definition) is 0. The second-order valence-corrected chi connectivity index (χ2v) is 6.87. The molecule has 2 aliphatic heterocycles. The zero-order valence-electron chi connectivity index (χ0n) is 14.4. The third kappa shape index (κ3) is 2.71. The van der Waals surface area contributed by atoms with Gasteiger partial charge in [0.2, 0.25) is 11.7 Å². The van der Waals surface area contributed by atoms with Crippen molar-refractivity contribution in [1.82, 2.24) is 24.7 Å². The van der Waals surface area contributed by atoms with Crippen LogP contribution in [0.3, 0.4) is 0 Å². The van der Waals surface area contributed by atoms with Crippen molar-refractivity contribution < 1.29 is 14.1 Å². The van der Waals surface area contributed by atoms with Crippen LogP contribution in [0.2, 0.25) is 0 Å². The minimum atomic E-state index is -0.174. The van der Waals surface area contributed by atoms with Crippen LogP contribution in [-0.2, 0) is 24.4 Å². The molecule has 0 N–H and O–H groups in total. The summed E-state index contributed by atoms with van der Waals surface area (Å²) < 4.78 is 6.97. The number of carbonyl (C=O) groups is 2. The Hall–Kier alpha value is -2.64. The van der Waals surface area contributed by atoms with Crippen molar-refractivity contribution in [2.45, 2.75) is 52.4 Å². The normalized spacial score (nSPS) is 17.0. The van der Waals surface area contributed by atoms with Gasteiger partial charge in [0.05, 0.1) is 37.2 Å². The average Bonchev–Trinajstić information content (AvgIpc) is 3.33. The second kappa shape index (κ2) is 6.02. The minimum Gasteiger partial charge on any atom is -0.351 e. The van der Waals surface area contributed by atoms with E-state index in [9.17, 15) is 9.59 Å². The highest BCUT2D eigenvalue weighted by Gasteiger charge is 2.34. The molecule has 25 heavy (non-hydrogen) atoms. The Labute approximate surface area is 145 Å². The molecule has 0 radical (unpaired) electrons. The highest BCUT2D eigenvalue weighted by Crippen LogP contribution is 2.30. The molecule has 0 aromatic carbocycles. The lowest BCUT2D eigenvalue weighted by molar-refractivity contribution is -0.128. The fourth-order valence-electron chi connectivity index (χ4n) is 3.57. The van der Waals surface area contributed by atoms with Crippen LogP contribution in [0.5, 0.6) is 0 Å². The van der Waals surface area contributed by atoms with Crippen LogP contribution in [0.25, 0.3) is 0 Å². The zero-order valence-corrected chi connectivity index (χ0v) is 14.4. The van der Waals surface area contributed by atoms with Crippen LogP contribution in [-0.4, -0.2) is 43.1 Å². The molecule has 8 heteroatoms. The molecule has 0 bridgehead atoms. The average molecular weight is 343 g/mol. The Kier molecular flexibility index (Phi) is 3.82. The van der Waals surface area contributed by atoms with Gasteiger partial charge in [-0.05, 0) is 20.3 Å². The first-order valence-corrected chi connectivity index (χ1v) is 8.61. The highest BCUT2D eigenvalue weighted by atomic mass is 16.5. The maximum absolute atomic E-state index is 12.6. The third-order valence-electron chi connectivity index (χ3n) is 4.83. The fourth-order valence-corrected chi connectivity index (χ4v) is 3.57. The van der Waals surface area contributed by atoms with Crippen LogP contribution in [0.1, 0.15) is 60.2 Å². The van der Waals surface area contributed by atoms with E-state index in [1.807, 2.05) is 9.58 Å². The number of nitrogens with zero attached hydrogens (tertiary/aromatic N) is 5. The van der Waals surface area contributed by atoms with Crippen LogP contribution in [0.4, 0.5) is 0 Å². The summed E-state index contributed by atoms with van der Waals surface area (Å²) in [5.74, 6) is 0.248. The van der Waals surface area contributed by atoms with E-state index in [0.29, 0.717) is 26.1 Å². The molecule has 1 saturated heterocycles. The molecule has 0 atom stereocenters.